The van der Waals surface area contributed by atoms with Gasteiger partial charge in [-0.3, -0.25) is 0 Å². The number of aliphatic hydroxyl groups is 2. The first kappa shape index (κ1) is 27.6. The molecule has 3 heteroatoms. The molecule has 33 heavy (non-hydrogen) atoms. The molecule has 0 bridgehead atoms. The minimum absolute atomic E-state index is 0.330. The van der Waals surface area contributed by atoms with Crippen LogP contribution < -0.4 is 5.32 Å². The van der Waals surface area contributed by atoms with Gasteiger partial charge in [0.2, 0.25) is 0 Å². The van der Waals surface area contributed by atoms with E-state index in [2.05, 4.69) is 53.8 Å². The average molecular weight is 454 g/mol. The zero-order chi connectivity index (χ0) is 23.4. The van der Waals surface area contributed by atoms with E-state index in [9.17, 15) is 0 Å². The van der Waals surface area contributed by atoms with Crippen molar-refractivity contribution >= 4 is 0 Å². The summed E-state index contributed by atoms with van der Waals surface area (Å²) in [5, 5.41) is 21.5. The zero-order valence-electron chi connectivity index (χ0n) is 20.7. The van der Waals surface area contributed by atoms with Crippen molar-refractivity contribution in [3.63, 3.8) is 0 Å². The molecule has 0 aliphatic rings. The van der Waals surface area contributed by atoms with E-state index in [1.165, 1.54) is 73.6 Å². The number of hydrogen-bond donors (Lipinski definition) is 3. The van der Waals surface area contributed by atoms with Crippen LogP contribution in [0.1, 0.15) is 99.3 Å². The smallest absolute Gasteiger partial charge is 0.0431 e. The second-order valence-corrected chi connectivity index (χ2v) is 9.33. The molecule has 0 amide bonds. The Morgan fingerprint density at radius 3 is 1.15 bits per heavy atom. The molecule has 2 aromatic rings. The molecule has 2 aromatic carbocycles. The second-order valence-electron chi connectivity index (χ2n) is 9.33. The number of unbranched alkanes of at least 4 members (excludes halogenated alkanes) is 10. The van der Waals surface area contributed by atoms with Crippen LogP contribution in [0.2, 0.25) is 0 Å². The summed E-state index contributed by atoms with van der Waals surface area (Å²) >= 11 is 0. The van der Waals surface area contributed by atoms with Gasteiger partial charge in [0.15, 0.2) is 0 Å². The average Bonchev–Trinajstić information content (AvgIpc) is 2.84. The Balaban J connectivity index is 1.71. The van der Waals surface area contributed by atoms with E-state index in [0.29, 0.717) is 13.2 Å². The predicted octanol–water partition coefficient (Wildman–Crippen LogP) is 6.73. The Hall–Kier alpha value is -1.68. The normalized spacial score (nSPS) is 11.2. The quantitative estimate of drug-likeness (QED) is 0.195. The number of aryl methyl sites for hydroxylation is 2. The van der Waals surface area contributed by atoms with Crippen molar-refractivity contribution in [3.05, 3.63) is 70.8 Å². The molecule has 0 atom stereocenters. The topological polar surface area (TPSA) is 52.5 Å². The van der Waals surface area contributed by atoms with Crippen molar-refractivity contribution in [2.75, 3.05) is 13.2 Å². The van der Waals surface area contributed by atoms with Crippen LogP contribution in [0.15, 0.2) is 48.5 Å². The molecule has 3 N–H and O–H groups in total. The van der Waals surface area contributed by atoms with Crippen LogP contribution in [0.25, 0.3) is 0 Å². The zero-order valence-corrected chi connectivity index (χ0v) is 20.7. The molecular formula is C30H47NO2. The Kier molecular flexibility index (Phi) is 15.6. The third-order valence-corrected chi connectivity index (χ3v) is 6.58. The molecular weight excluding hydrogens is 406 g/mol. The van der Waals surface area contributed by atoms with Crippen LogP contribution in [0.3, 0.4) is 0 Å². The molecule has 0 unspecified atom stereocenters. The molecule has 0 saturated carbocycles. The predicted molar refractivity (Wildman–Crippen MR) is 140 cm³/mol. The maximum atomic E-state index is 8.88. The van der Waals surface area contributed by atoms with Gasteiger partial charge in [0.25, 0.3) is 0 Å². The molecule has 0 aliphatic heterocycles. The Labute approximate surface area is 202 Å². The van der Waals surface area contributed by atoms with Gasteiger partial charge in [-0.2, -0.15) is 0 Å². The van der Waals surface area contributed by atoms with E-state index in [0.717, 1.165) is 51.6 Å². The monoisotopic (exact) mass is 453 g/mol. The summed E-state index contributed by atoms with van der Waals surface area (Å²) < 4.78 is 0. The molecule has 3 nitrogen and oxygen atoms in total. The van der Waals surface area contributed by atoms with Crippen LogP contribution in [0.4, 0.5) is 0 Å². The number of benzene rings is 2. The lowest BCUT2D eigenvalue weighted by Gasteiger charge is -2.13. The van der Waals surface area contributed by atoms with E-state index in [1.54, 1.807) is 0 Å². The van der Waals surface area contributed by atoms with E-state index in [-0.39, 0.29) is 0 Å². The Morgan fingerprint density at radius 1 is 0.424 bits per heavy atom. The SMILES string of the molecule is OCCCCCCCCc1ccccc1CNCc1ccccc1CCCCCCCCO. The minimum atomic E-state index is 0.330. The Bertz CT molecular complexity index is 669. The third kappa shape index (κ3) is 12.4. The number of rotatable bonds is 20. The van der Waals surface area contributed by atoms with Gasteiger partial charge in [-0.1, -0.05) is 99.9 Å². The van der Waals surface area contributed by atoms with Gasteiger partial charge in [-0.25, -0.2) is 0 Å². The van der Waals surface area contributed by atoms with Gasteiger partial charge in [-0.15, -0.1) is 0 Å². The lowest BCUT2D eigenvalue weighted by atomic mass is 9.99. The highest BCUT2D eigenvalue weighted by molar-refractivity contribution is 5.29. The molecule has 2 rings (SSSR count). The number of hydrogen-bond acceptors (Lipinski definition) is 3. The summed E-state index contributed by atoms with van der Waals surface area (Å²) in [4.78, 5) is 0. The fraction of sp³-hybridized carbons (Fsp3) is 0.600. The van der Waals surface area contributed by atoms with Crippen LogP contribution in [-0.2, 0) is 25.9 Å². The maximum absolute atomic E-state index is 8.88. The fourth-order valence-corrected chi connectivity index (χ4v) is 4.55. The van der Waals surface area contributed by atoms with E-state index < -0.39 is 0 Å². The van der Waals surface area contributed by atoms with E-state index >= 15 is 0 Å². The van der Waals surface area contributed by atoms with E-state index in [1.807, 2.05) is 0 Å². The van der Waals surface area contributed by atoms with Crippen LogP contribution >= 0.6 is 0 Å². The first-order valence-electron chi connectivity index (χ1n) is 13.4. The number of aliphatic hydroxyl groups excluding tert-OH is 2. The largest absolute Gasteiger partial charge is 0.396 e. The molecule has 0 aromatic heterocycles. The molecule has 0 saturated heterocycles. The van der Waals surface area contributed by atoms with Gasteiger partial charge in [0, 0.05) is 26.3 Å². The summed E-state index contributed by atoms with van der Waals surface area (Å²) in [6, 6.07) is 17.8. The van der Waals surface area contributed by atoms with Crippen LogP contribution in [0, 0.1) is 0 Å². The summed E-state index contributed by atoms with van der Waals surface area (Å²) in [5.41, 5.74) is 5.82. The van der Waals surface area contributed by atoms with Gasteiger partial charge < -0.3 is 15.5 Å². The van der Waals surface area contributed by atoms with Gasteiger partial charge in [0.05, 0.1) is 0 Å². The summed E-state index contributed by atoms with van der Waals surface area (Å²) in [5.74, 6) is 0. The van der Waals surface area contributed by atoms with Crippen molar-refractivity contribution in [1.29, 1.82) is 0 Å². The first-order chi connectivity index (χ1) is 16.3. The van der Waals surface area contributed by atoms with Crippen molar-refractivity contribution in [1.82, 2.24) is 5.32 Å². The summed E-state index contributed by atoms with van der Waals surface area (Å²) in [6.45, 7) is 2.51. The number of nitrogens with one attached hydrogen (secondary N) is 1. The highest BCUT2D eigenvalue weighted by atomic mass is 16.3. The van der Waals surface area contributed by atoms with Crippen molar-refractivity contribution in [2.45, 2.75) is 103 Å². The van der Waals surface area contributed by atoms with Gasteiger partial charge in [-0.05, 0) is 60.8 Å². The maximum Gasteiger partial charge on any atom is 0.0431 e. The van der Waals surface area contributed by atoms with E-state index in [4.69, 9.17) is 10.2 Å². The molecule has 0 fully saturated rings. The van der Waals surface area contributed by atoms with Crippen LogP contribution in [0.5, 0.6) is 0 Å². The highest BCUT2D eigenvalue weighted by Crippen LogP contribution is 2.17. The lowest BCUT2D eigenvalue weighted by Crippen LogP contribution is -2.15. The fourth-order valence-electron chi connectivity index (χ4n) is 4.55. The highest BCUT2D eigenvalue weighted by Gasteiger charge is 2.05. The second kappa shape index (κ2) is 18.7. The molecule has 184 valence electrons. The summed E-state index contributed by atoms with van der Waals surface area (Å²) in [6.07, 6.45) is 16.6. The molecule has 0 heterocycles. The molecule has 0 spiro atoms. The Morgan fingerprint density at radius 2 is 0.758 bits per heavy atom. The van der Waals surface area contributed by atoms with Crippen LogP contribution in [-0.4, -0.2) is 23.4 Å². The van der Waals surface area contributed by atoms with Gasteiger partial charge in [0.1, 0.15) is 0 Å². The lowest BCUT2D eigenvalue weighted by molar-refractivity contribution is 0.282. The van der Waals surface area contributed by atoms with Gasteiger partial charge >= 0.3 is 0 Å². The molecule has 0 radical (unpaired) electrons. The third-order valence-electron chi connectivity index (χ3n) is 6.58. The van der Waals surface area contributed by atoms with Crippen molar-refractivity contribution in [3.8, 4) is 0 Å². The standard InChI is InChI=1S/C30H47NO2/c32-23-15-7-3-1-5-9-17-27-19-11-13-21-29(27)25-31-26-30-22-14-12-20-28(30)18-10-6-2-4-8-16-24-33/h11-14,19-22,31-33H,1-10,15-18,23-26H2. The summed E-state index contributed by atoms with van der Waals surface area (Å²) in [7, 11) is 0. The minimum Gasteiger partial charge on any atom is -0.396 e. The first-order valence-corrected chi connectivity index (χ1v) is 13.4. The van der Waals surface area contributed by atoms with Crippen molar-refractivity contribution in [2.24, 2.45) is 0 Å². The van der Waals surface area contributed by atoms with Crippen molar-refractivity contribution < 1.29 is 10.2 Å². The molecule has 0 aliphatic carbocycles.